The van der Waals surface area contributed by atoms with Crippen molar-refractivity contribution in [3.05, 3.63) is 70.2 Å². The van der Waals surface area contributed by atoms with Crippen molar-refractivity contribution in [3.8, 4) is 0 Å². The van der Waals surface area contributed by atoms with Gasteiger partial charge in [0, 0.05) is 0 Å². The molecule has 25 heavy (non-hydrogen) atoms. The van der Waals surface area contributed by atoms with Crippen molar-refractivity contribution in [2.45, 2.75) is 39.3 Å². The van der Waals surface area contributed by atoms with E-state index in [1.54, 1.807) is 25.1 Å². The molecule has 3 rings (SSSR count). The van der Waals surface area contributed by atoms with E-state index < -0.39 is 11.8 Å². The number of nitrogens with one attached hydrogen (secondary N) is 1. The summed E-state index contributed by atoms with van der Waals surface area (Å²) in [6.07, 6.45) is 0.981. The van der Waals surface area contributed by atoms with Crippen LogP contribution in [0.1, 0.15) is 44.0 Å². The van der Waals surface area contributed by atoms with Crippen LogP contribution in [-0.2, 0) is 11.2 Å². The third kappa shape index (κ3) is 3.36. The second kappa shape index (κ2) is 6.97. The molecule has 1 amide bonds. The van der Waals surface area contributed by atoms with E-state index in [1.165, 1.54) is 10.1 Å². The van der Waals surface area contributed by atoms with Gasteiger partial charge in [-0.2, -0.15) is 0 Å². The van der Waals surface area contributed by atoms with Gasteiger partial charge in [-0.25, -0.2) is 4.79 Å². The lowest BCUT2D eigenvalue weighted by Gasteiger charge is -2.18. The lowest BCUT2D eigenvalue weighted by Crippen LogP contribution is -2.35. The lowest BCUT2D eigenvalue weighted by atomic mass is 10.0. The van der Waals surface area contributed by atoms with Gasteiger partial charge in [0.25, 0.3) is 0 Å². The first-order valence-electron chi connectivity index (χ1n) is 8.50. The number of hydrogen-bond acceptors (Lipinski definition) is 3. The quantitative estimate of drug-likeness (QED) is 0.773. The first kappa shape index (κ1) is 17.0. The molecule has 2 unspecified atom stereocenters. The molecule has 0 saturated heterocycles. The van der Waals surface area contributed by atoms with Gasteiger partial charge in [0.15, 0.2) is 5.58 Å². The highest BCUT2D eigenvalue weighted by Gasteiger charge is 2.22. The molecule has 2 atom stereocenters. The smallest absolute Gasteiger partial charge is 0.408 e. The molecule has 2 aromatic carbocycles. The molecule has 5 heteroatoms. The largest absolute Gasteiger partial charge is 0.420 e. The number of benzene rings is 2. The predicted molar refractivity (Wildman–Crippen MR) is 97.6 cm³/mol. The van der Waals surface area contributed by atoms with Crippen LogP contribution >= 0.6 is 0 Å². The molecule has 0 aliphatic heterocycles. The molecule has 0 aliphatic carbocycles. The van der Waals surface area contributed by atoms with Gasteiger partial charge in [-0.1, -0.05) is 43.3 Å². The van der Waals surface area contributed by atoms with Crippen LogP contribution in [0.4, 0.5) is 0 Å². The van der Waals surface area contributed by atoms with Crippen molar-refractivity contribution in [1.82, 2.24) is 9.88 Å². The standard InChI is InChI=1S/C20H22N2O3/c1-4-15-9-11-16(12-10-15)13(2)21-19(23)14(3)22-17-7-5-6-8-18(17)25-20(22)24/h5-14H,4H2,1-3H3,(H,21,23). The van der Waals surface area contributed by atoms with Gasteiger partial charge in [-0.3, -0.25) is 9.36 Å². The number of oxazole rings is 1. The molecule has 0 saturated carbocycles. The van der Waals surface area contributed by atoms with E-state index in [2.05, 4.69) is 24.4 Å². The molecule has 5 nitrogen and oxygen atoms in total. The molecule has 0 radical (unpaired) electrons. The van der Waals surface area contributed by atoms with Crippen molar-refractivity contribution in [1.29, 1.82) is 0 Å². The fourth-order valence-corrected chi connectivity index (χ4v) is 2.93. The molecule has 130 valence electrons. The summed E-state index contributed by atoms with van der Waals surface area (Å²) in [7, 11) is 0. The van der Waals surface area contributed by atoms with Crippen LogP contribution in [-0.4, -0.2) is 10.5 Å². The summed E-state index contributed by atoms with van der Waals surface area (Å²) in [5.41, 5.74) is 3.39. The molecule has 1 aromatic heterocycles. The minimum Gasteiger partial charge on any atom is -0.408 e. The highest BCUT2D eigenvalue weighted by atomic mass is 16.4. The highest BCUT2D eigenvalue weighted by Crippen LogP contribution is 2.19. The van der Waals surface area contributed by atoms with Gasteiger partial charge in [-0.05, 0) is 43.5 Å². The number of para-hydroxylation sites is 2. The van der Waals surface area contributed by atoms with E-state index in [9.17, 15) is 9.59 Å². The number of fused-ring (bicyclic) bond motifs is 1. The molecule has 3 aromatic rings. The number of carbonyl (C=O) groups excluding carboxylic acids is 1. The maximum Gasteiger partial charge on any atom is 0.420 e. The van der Waals surface area contributed by atoms with Crippen LogP contribution in [0.5, 0.6) is 0 Å². The fraction of sp³-hybridized carbons (Fsp3) is 0.300. The van der Waals surface area contributed by atoms with Crippen LogP contribution in [0.3, 0.4) is 0 Å². The SMILES string of the molecule is CCc1ccc(C(C)NC(=O)C(C)n2c(=O)oc3ccccc32)cc1. The number of aromatic nitrogens is 1. The maximum absolute atomic E-state index is 12.6. The Bertz CT molecular complexity index is 937. The average Bonchev–Trinajstić information content (AvgIpc) is 2.96. The van der Waals surface area contributed by atoms with Crippen molar-refractivity contribution >= 4 is 17.0 Å². The minimum atomic E-state index is -0.659. The van der Waals surface area contributed by atoms with Crippen LogP contribution in [0.15, 0.2) is 57.7 Å². The Morgan fingerprint density at radius 3 is 2.48 bits per heavy atom. The summed E-state index contributed by atoms with van der Waals surface area (Å²) in [5.74, 6) is -0.746. The van der Waals surface area contributed by atoms with Gasteiger partial charge in [0.2, 0.25) is 5.91 Å². The van der Waals surface area contributed by atoms with Crippen molar-refractivity contribution < 1.29 is 9.21 Å². The zero-order valence-electron chi connectivity index (χ0n) is 14.7. The van der Waals surface area contributed by atoms with Crippen molar-refractivity contribution in [3.63, 3.8) is 0 Å². The Balaban J connectivity index is 1.79. The van der Waals surface area contributed by atoms with E-state index >= 15 is 0 Å². The molecule has 0 fully saturated rings. The van der Waals surface area contributed by atoms with E-state index in [0.29, 0.717) is 11.1 Å². The van der Waals surface area contributed by atoms with Gasteiger partial charge in [0.1, 0.15) is 6.04 Å². The molecular weight excluding hydrogens is 316 g/mol. The highest BCUT2D eigenvalue weighted by molar-refractivity contribution is 5.83. The number of amides is 1. The Morgan fingerprint density at radius 1 is 1.12 bits per heavy atom. The van der Waals surface area contributed by atoms with E-state index in [4.69, 9.17) is 4.42 Å². The van der Waals surface area contributed by atoms with Crippen molar-refractivity contribution in [2.75, 3.05) is 0 Å². The lowest BCUT2D eigenvalue weighted by molar-refractivity contribution is -0.124. The third-order valence-corrected chi connectivity index (χ3v) is 4.53. The fourth-order valence-electron chi connectivity index (χ4n) is 2.93. The second-order valence-corrected chi connectivity index (χ2v) is 6.21. The minimum absolute atomic E-state index is 0.144. The summed E-state index contributed by atoms with van der Waals surface area (Å²) < 4.78 is 6.60. The average molecular weight is 338 g/mol. The molecule has 0 spiro atoms. The summed E-state index contributed by atoms with van der Waals surface area (Å²) in [6.45, 7) is 5.74. The Kier molecular flexibility index (Phi) is 4.74. The maximum atomic E-state index is 12.6. The van der Waals surface area contributed by atoms with Gasteiger partial charge >= 0.3 is 5.76 Å². The Labute approximate surface area is 146 Å². The monoisotopic (exact) mass is 338 g/mol. The first-order chi connectivity index (χ1) is 12.0. The summed E-state index contributed by atoms with van der Waals surface area (Å²) in [6, 6.07) is 14.5. The summed E-state index contributed by atoms with van der Waals surface area (Å²) in [4.78, 5) is 24.8. The van der Waals surface area contributed by atoms with Crippen molar-refractivity contribution in [2.24, 2.45) is 0 Å². The van der Waals surface area contributed by atoms with E-state index in [1.807, 2.05) is 25.1 Å². The van der Waals surface area contributed by atoms with E-state index in [0.717, 1.165) is 12.0 Å². The van der Waals surface area contributed by atoms with Crippen LogP contribution in [0.2, 0.25) is 0 Å². The van der Waals surface area contributed by atoms with Crippen LogP contribution < -0.4 is 11.1 Å². The zero-order valence-corrected chi connectivity index (χ0v) is 14.7. The predicted octanol–water partition coefficient (Wildman–Crippen LogP) is 3.60. The van der Waals surface area contributed by atoms with Gasteiger partial charge in [-0.15, -0.1) is 0 Å². The molecule has 0 bridgehead atoms. The Hall–Kier alpha value is -2.82. The number of aryl methyl sites for hydroxylation is 1. The van der Waals surface area contributed by atoms with Crippen LogP contribution in [0, 0.1) is 0 Å². The summed E-state index contributed by atoms with van der Waals surface area (Å²) in [5, 5.41) is 2.97. The Morgan fingerprint density at radius 2 is 1.80 bits per heavy atom. The third-order valence-electron chi connectivity index (χ3n) is 4.53. The van der Waals surface area contributed by atoms with Crippen LogP contribution in [0.25, 0.3) is 11.1 Å². The number of hydrogen-bond donors (Lipinski definition) is 1. The molecular formula is C20H22N2O3. The number of carbonyl (C=O) groups is 1. The van der Waals surface area contributed by atoms with Gasteiger partial charge in [0.05, 0.1) is 11.6 Å². The second-order valence-electron chi connectivity index (χ2n) is 6.21. The molecule has 1 heterocycles. The molecule has 1 N–H and O–H groups in total. The molecule has 0 aliphatic rings. The zero-order chi connectivity index (χ0) is 18.0. The number of nitrogens with zero attached hydrogens (tertiary/aromatic N) is 1. The van der Waals surface area contributed by atoms with E-state index in [-0.39, 0.29) is 11.9 Å². The normalized spacial score (nSPS) is 13.6. The first-order valence-corrected chi connectivity index (χ1v) is 8.50. The van der Waals surface area contributed by atoms with Gasteiger partial charge < -0.3 is 9.73 Å². The number of rotatable bonds is 5. The summed E-state index contributed by atoms with van der Waals surface area (Å²) >= 11 is 0. The topological polar surface area (TPSA) is 64.2 Å².